The Morgan fingerprint density at radius 2 is 2.20 bits per heavy atom. The van der Waals surface area contributed by atoms with Crippen LogP contribution in [0.4, 0.5) is 0 Å². The SMILES string of the molecule is CCOC(=O)CC(C)=C=O. The summed E-state index contributed by atoms with van der Waals surface area (Å²) >= 11 is 0. The average Bonchev–Trinajstić information content (AvgIpc) is 1.88. The summed E-state index contributed by atoms with van der Waals surface area (Å²) < 4.78 is 4.58. The first kappa shape index (κ1) is 8.92. The molecule has 0 atom stereocenters. The second-order valence-corrected chi connectivity index (χ2v) is 1.86. The molecule has 0 spiro atoms. The molecule has 0 aromatic rings. The van der Waals surface area contributed by atoms with E-state index >= 15 is 0 Å². The molecule has 0 fully saturated rings. The van der Waals surface area contributed by atoms with Crippen molar-refractivity contribution in [2.24, 2.45) is 0 Å². The summed E-state index contributed by atoms with van der Waals surface area (Å²) in [7, 11) is 0. The highest BCUT2D eigenvalue weighted by molar-refractivity contribution is 5.75. The number of esters is 1. The third-order valence-corrected chi connectivity index (χ3v) is 0.889. The first-order chi connectivity index (χ1) is 4.70. The fourth-order valence-electron chi connectivity index (χ4n) is 0.465. The third kappa shape index (κ3) is 3.87. The van der Waals surface area contributed by atoms with E-state index in [9.17, 15) is 9.59 Å². The maximum atomic E-state index is 10.6. The zero-order valence-electron chi connectivity index (χ0n) is 6.14. The van der Waals surface area contributed by atoms with Gasteiger partial charge in [0, 0.05) is 5.57 Å². The van der Waals surface area contributed by atoms with Crippen LogP contribution in [0.1, 0.15) is 20.3 Å². The molecular formula is C7H10O3. The Labute approximate surface area is 59.7 Å². The van der Waals surface area contributed by atoms with Crippen LogP contribution >= 0.6 is 0 Å². The van der Waals surface area contributed by atoms with E-state index in [0.29, 0.717) is 12.2 Å². The highest BCUT2D eigenvalue weighted by atomic mass is 16.5. The molecule has 0 amide bonds. The summed E-state index contributed by atoms with van der Waals surface area (Å²) in [5, 5.41) is 0. The number of hydrogen-bond donors (Lipinski definition) is 0. The van der Waals surface area contributed by atoms with Gasteiger partial charge >= 0.3 is 5.97 Å². The quantitative estimate of drug-likeness (QED) is 0.430. The van der Waals surface area contributed by atoms with E-state index in [1.807, 2.05) is 0 Å². The minimum atomic E-state index is -0.372. The van der Waals surface area contributed by atoms with Crippen LogP contribution in [0.3, 0.4) is 0 Å². The van der Waals surface area contributed by atoms with Gasteiger partial charge in [0.25, 0.3) is 0 Å². The lowest BCUT2D eigenvalue weighted by molar-refractivity contribution is -0.142. The molecule has 0 saturated heterocycles. The molecule has 3 heteroatoms. The summed E-state index contributed by atoms with van der Waals surface area (Å²) in [5.74, 6) is 1.25. The molecule has 0 aliphatic rings. The van der Waals surface area contributed by atoms with Crippen LogP contribution < -0.4 is 0 Å². The van der Waals surface area contributed by atoms with Gasteiger partial charge in [-0.3, -0.25) is 4.79 Å². The van der Waals surface area contributed by atoms with Crippen LogP contribution in [0.5, 0.6) is 0 Å². The summed E-state index contributed by atoms with van der Waals surface area (Å²) in [6.45, 7) is 3.62. The Hall–Kier alpha value is -1.08. The Bertz CT molecular complexity index is 166. The Morgan fingerprint density at radius 3 is 2.60 bits per heavy atom. The van der Waals surface area contributed by atoms with Gasteiger partial charge in [-0.1, -0.05) is 0 Å². The number of carbonyl (C=O) groups is 1. The minimum absolute atomic E-state index is 0.0529. The van der Waals surface area contributed by atoms with E-state index in [0.717, 1.165) is 0 Å². The van der Waals surface area contributed by atoms with Gasteiger partial charge in [-0.15, -0.1) is 0 Å². The smallest absolute Gasteiger partial charge is 0.310 e. The van der Waals surface area contributed by atoms with Crippen molar-refractivity contribution in [3.05, 3.63) is 5.57 Å². The molecule has 0 heterocycles. The highest BCUT2D eigenvalue weighted by Gasteiger charge is 2.01. The molecule has 0 radical (unpaired) electrons. The van der Waals surface area contributed by atoms with Crippen molar-refractivity contribution in [2.75, 3.05) is 6.61 Å². The average molecular weight is 142 g/mol. The number of ether oxygens (including phenoxy) is 1. The molecule has 0 rings (SSSR count). The zero-order valence-corrected chi connectivity index (χ0v) is 6.14. The predicted molar refractivity (Wildman–Crippen MR) is 36.1 cm³/mol. The fourth-order valence-corrected chi connectivity index (χ4v) is 0.465. The maximum Gasteiger partial charge on any atom is 0.310 e. The van der Waals surface area contributed by atoms with Crippen molar-refractivity contribution >= 4 is 11.9 Å². The van der Waals surface area contributed by atoms with Gasteiger partial charge < -0.3 is 4.74 Å². The molecule has 0 N–H and O–H groups in total. The minimum Gasteiger partial charge on any atom is -0.466 e. The van der Waals surface area contributed by atoms with Crippen LogP contribution in [-0.2, 0) is 14.3 Å². The summed E-state index contributed by atoms with van der Waals surface area (Å²) in [4.78, 5) is 20.5. The first-order valence-corrected chi connectivity index (χ1v) is 3.07. The van der Waals surface area contributed by atoms with Crippen molar-refractivity contribution < 1.29 is 14.3 Å². The molecule has 0 unspecified atom stereocenters. The summed E-state index contributed by atoms with van der Waals surface area (Å²) in [5.41, 5.74) is 0.374. The van der Waals surface area contributed by atoms with Gasteiger partial charge in [-0.25, -0.2) is 4.79 Å². The van der Waals surface area contributed by atoms with Crippen molar-refractivity contribution in [3.8, 4) is 0 Å². The molecule has 0 aromatic carbocycles. The molecular weight excluding hydrogens is 132 g/mol. The number of carbonyl (C=O) groups excluding carboxylic acids is 2. The lowest BCUT2D eigenvalue weighted by atomic mass is 10.2. The van der Waals surface area contributed by atoms with Crippen LogP contribution in [0.2, 0.25) is 0 Å². The second kappa shape index (κ2) is 4.77. The number of rotatable bonds is 3. The van der Waals surface area contributed by atoms with E-state index in [1.165, 1.54) is 0 Å². The standard InChI is InChI=1S/C7H10O3/c1-3-10-7(9)4-6(2)5-8/h3-4H2,1-2H3. The molecule has 0 aromatic heterocycles. The van der Waals surface area contributed by atoms with Crippen LogP contribution in [0.15, 0.2) is 5.57 Å². The van der Waals surface area contributed by atoms with Crippen LogP contribution in [0, 0.1) is 0 Å². The monoisotopic (exact) mass is 142 g/mol. The lowest BCUT2D eigenvalue weighted by Gasteiger charge is -1.97. The second-order valence-electron chi connectivity index (χ2n) is 1.86. The van der Waals surface area contributed by atoms with Gasteiger partial charge in [-0.2, -0.15) is 0 Å². The predicted octanol–water partition coefficient (Wildman–Crippen LogP) is 0.718. The number of hydrogen-bond acceptors (Lipinski definition) is 3. The van der Waals surface area contributed by atoms with E-state index in [-0.39, 0.29) is 12.4 Å². The first-order valence-electron chi connectivity index (χ1n) is 3.07. The van der Waals surface area contributed by atoms with Crippen LogP contribution in [-0.4, -0.2) is 18.5 Å². The molecule has 3 nitrogen and oxygen atoms in total. The van der Waals surface area contributed by atoms with Crippen molar-refractivity contribution in [1.29, 1.82) is 0 Å². The van der Waals surface area contributed by atoms with Gasteiger partial charge in [0.05, 0.1) is 13.0 Å². The Kier molecular flexibility index (Phi) is 4.25. The van der Waals surface area contributed by atoms with Gasteiger partial charge in [0.1, 0.15) is 5.94 Å². The summed E-state index contributed by atoms with van der Waals surface area (Å²) in [6, 6.07) is 0. The molecule has 10 heavy (non-hydrogen) atoms. The van der Waals surface area contributed by atoms with E-state index in [2.05, 4.69) is 4.74 Å². The molecule has 0 aliphatic carbocycles. The highest BCUT2D eigenvalue weighted by Crippen LogP contribution is 1.95. The normalized spacial score (nSPS) is 8.20. The van der Waals surface area contributed by atoms with Gasteiger partial charge in [-0.05, 0) is 13.8 Å². The molecule has 0 saturated carbocycles. The largest absolute Gasteiger partial charge is 0.466 e. The van der Waals surface area contributed by atoms with Gasteiger partial charge in [0.15, 0.2) is 0 Å². The molecule has 0 aliphatic heterocycles. The summed E-state index contributed by atoms with van der Waals surface area (Å²) in [6.07, 6.45) is 0.0529. The molecule has 0 bridgehead atoms. The van der Waals surface area contributed by atoms with Gasteiger partial charge in [0.2, 0.25) is 0 Å². The Morgan fingerprint density at radius 1 is 1.60 bits per heavy atom. The van der Waals surface area contributed by atoms with Crippen molar-refractivity contribution in [2.45, 2.75) is 20.3 Å². The van der Waals surface area contributed by atoms with E-state index in [4.69, 9.17) is 0 Å². The van der Waals surface area contributed by atoms with Crippen molar-refractivity contribution in [3.63, 3.8) is 0 Å². The Balaban J connectivity index is 3.69. The zero-order chi connectivity index (χ0) is 7.98. The van der Waals surface area contributed by atoms with Crippen LogP contribution in [0.25, 0.3) is 0 Å². The molecule has 56 valence electrons. The fraction of sp³-hybridized carbons (Fsp3) is 0.571. The van der Waals surface area contributed by atoms with E-state index < -0.39 is 0 Å². The third-order valence-electron chi connectivity index (χ3n) is 0.889. The lowest BCUT2D eigenvalue weighted by Crippen LogP contribution is -2.03. The maximum absolute atomic E-state index is 10.6. The van der Waals surface area contributed by atoms with E-state index in [1.54, 1.807) is 19.8 Å². The van der Waals surface area contributed by atoms with Crippen molar-refractivity contribution in [1.82, 2.24) is 0 Å². The topological polar surface area (TPSA) is 43.4 Å².